The molecule has 2 rings (SSSR count). The summed E-state index contributed by atoms with van der Waals surface area (Å²) in [7, 11) is 4.42. The second-order valence-electron chi connectivity index (χ2n) is 11.4. The van der Waals surface area contributed by atoms with Gasteiger partial charge >= 0.3 is 5.97 Å². The molecular weight excluding hydrogens is 458 g/mol. The highest BCUT2D eigenvalue weighted by molar-refractivity contribution is 5.71. The fraction of sp³-hybridized carbons (Fsp3) is 0.606. The molecule has 2 unspecified atom stereocenters. The van der Waals surface area contributed by atoms with Crippen LogP contribution >= 0.6 is 0 Å². The molecule has 37 heavy (non-hydrogen) atoms. The predicted molar refractivity (Wildman–Crippen MR) is 155 cm³/mol. The third kappa shape index (κ3) is 13.7. The SMILES string of the molecule is CCCCCCCCCCc1cccc(OC(C)COC(=O)C(C)CC[N+](C)(C)Cc2ccccc2)c1. The van der Waals surface area contributed by atoms with Crippen molar-refractivity contribution in [3.05, 3.63) is 65.7 Å². The average molecular weight is 511 g/mol. The molecule has 0 spiro atoms. The van der Waals surface area contributed by atoms with E-state index in [-0.39, 0.29) is 24.6 Å². The van der Waals surface area contributed by atoms with Crippen molar-refractivity contribution in [3.63, 3.8) is 0 Å². The maximum absolute atomic E-state index is 12.6. The topological polar surface area (TPSA) is 35.5 Å². The minimum Gasteiger partial charge on any atom is -0.487 e. The Balaban J connectivity index is 1.65. The number of carbonyl (C=O) groups excluding carboxylic acids is 1. The van der Waals surface area contributed by atoms with Crippen LogP contribution in [0, 0.1) is 5.92 Å². The smallest absolute Gasteiger partial charge is 0.309 e. The summed E-state index contributed by atoms with van der Waals surface area (Å²) < 4.78 is 12.5. The van der Waals surface area contributed by atoms with Gasteiger partial charge in [-0.15, -0.1) is 0 Å². The molecule has 0 saturated heterocycles. The van der Waals surface area contributed by atoms with Crippen molar-refractivity contribution in [2.24, 2.45) is 5.92 Å². The molecule has 0 bridgehead atoms. The van der Waals surface area contributed by atoms with Crippen LogP contribution in [0.5, 0.6) is 5.75 Å². The number of aryl methyl sites for hydroxylation is 1. The van der Waals surface area contributed by atoms with Crippen molar-refractivity contribution in [2.45, 2.75) is 97.6 Å². The number of nitrogens with zero attached hydrogens (tertiary/aromatic N) is 1. The summed E-state index contributed by atoms with van der Waals surface area (Å²) in [4.78, 5) is 12.6. The summed E-state index contributed by atoms with van der Waals surface area (Å²) >= 11 is 0. The third-order valence-electron chi connectivity index (χ3n) is 7.04. The summed E-state index contributed by atoms with van der Waals surface area (Å²) in [5, 5.41) is 0. The Morgan fingerprint density at radius 3 is 2.19 bits per heavy atom. The van der Waals surface area contributed by atoms with Gasteiger partial charge in [0.25, 0.3) is 0 Å². The van der Waals surface area contributed by atoms with E-state index in [1.54, 1.807) is 0 Å². The number of carbonyl (C=O) groups is 1. The normalized spacial score (nSPS) is 13.2. The maximum Gasteiger partial charge on any atom is 0.309 e. The zero-order valence-electron chi connectivity index (χ0n) is 24.2. The number of hydrogen-bond acceptors (Lipinski definition) is 3. The van der Waals surface area contributed by atoms with E-state index in [2.05, 4.69) is 63.5 Å². The van der Waals surface area contributed by atoms with Crippen molar-refractivity contribution in [1.82, 2.24) is 0 Å². The van der Waals surface area contributed by atoms with E-state index in [0.29, 0.717) is 0 Å². The van der Waals surface area contributed by atoms with Crippen LogP contribution in [0.1, 0.15) is 89.7 Å². The standard InChI is InChI=1S/C33H52NO3/c1-6-7-8-9-10-11-12-14-18-30-21-17-22-32(25-30)37-29(3)27-36-33(35)28(2)23-24-34(4,5)26-31-19-15-13-16-20-31/h13,15-17,19-22,25,28-29H,6-12,14,18,23-24,26-27H2,1-5H3/q+1. The number of esters is 1. The largest absolute Gasteiger partial charge is 0.487 e. The van der Waals surface area contributed by atoms with Gasteiger partial charge < -0.3 is 14.0 Å². The lowest BCUT2D eigenvalue weighted by atomic mass is 10.0. The molecule has 0 heterocycles. The molecule has 0 fully saturated rings. The van der Waals surface area contributed by atoms with E-state index in [1.165, 1.54) is 62.5 Å². The zero-order chi connectivity index (χ0) is 26.9. The quantitative estimate of drug-likeness (QED) is 0.109. The van der Waals surface area contributed by atoms with E-state index in [9.17, 15) is 4.79 Å². The number of unbranched alkanes of at least 4 members (excludes halogenated alkanes) is 7. The summed E-state index contributed by atoms with van der Waals surface area (Å²) in [6, 6.07) is 18.9. The van der Waals surface area contributed by atoms with Gasteiger partial charge in [0.1, 0.15) is 25.0 Å². The maximum atomic E-state index is 12.6. The van der Waals surface area contributed by atoms with Crippen molar-refractivity contribution in [1.29, 1.82) is 0 Å². The van der Waals surface area contributed by atoms with E-state index >= 15 is 0 Å². The average Bonchev–Trinajstić information content (AvgIpc) is 2.88. The number of hydrogen-bond donors (Lipinski definition) is 0. The number of rotatable bonds is 19. The van der Waals surface area contributed by atoms with Crippen molar-refractivity contribution in [3.8, 4) is 5.75 Å². The molecule has 4 nitrogen and oxygen atoms in total. The lowest BCUT2D eigenvalue weighted by molar-refractivity contribution is -0.904. The molecule has 2 aromatic carbocycles. The molecule has 0 aromatic heterocycles. The van der Waals surface area contributed by atoms with Crippen LogP contribution in [0.2, 0.25) is 0 Å². The molecule has 0 aliphatic rings. The second kappa shape index (κ2) is 17.2. The molecule has 0 amide bonds. The first-order valence-electron chi connectivity index (χ1n) is 14.6. The van der Waals surface area contributed by atoms with E-state index < -0.39 is 0 Å². The number of quaternary nitrogens is 1. The molecule has 0 N–H and O–H groups in total. The first-order valence-corrected chi connectivity index (χ1v) is 14.6. The van der Waals surface area contributed by atoms with Crippen LogP contribution in [0.3, 0.4) is 0 Å². The Morgan fingerprint density at radius 1 is 0.838 bits per heavy atom. The Kier molecular flexibility index (Phi) is 14.4. The van der Waals surface area contributed by atoms with E-state index in [4.69, 9.17) is 9.47 Å². The Hall–Kier alpha value is -2.33. The number of benzene rings is 2. The lowest BCUT2D eigenvalue weighted by Gasteiger charge is -2.30. The van der Waals surface area contributed by atoms with E-state index in [1.807, 2.05) is 26.0 Å². The summed E-state index contributed by atoms with van der Waals surface area (Å²) in [6.07, 6.45) is 12.4. The highest BCUT2D eigenvalue weighted by atomic mass is 16.6. The van der Waals surface area contributed by atoms with Gasteiger partial charge in [-0.3, -0.25) is 4.79 Å². The monoisotopic (exact) mass is 510 g/mol. The lowest BCUT2D eigenvalue weighted by Crippen LogP contribution is -2.40. The van der Waals surface area contributed by atoms with Gasteiger partial charge in [-0.1, -0.05) is 101 Å². The van der Waals surface area contributed by atoms with Crippen LogP contribution < -0.4 is 4.74 Å². The first kappa shape index (κ1) is 30.9. The Morgan fingerprint density at radius 2 is 1.49 bits per heavy atom. The molecule has 2 atom stereocenters. The summed E-state index contributed by atoms with van der Waals surface area (Å²) in [6.45, 7) is 8.33. The minimum absolute atomic E-state index is 0.129. The first-order chi connectivity index (χ1) is 17.8. The molecule has 0 saturated carbocycles. The van der Waals surface area contributed by atoms with Crippen molar-refractivity contribution < 1.29 is 18.8 Å². The van der Waals surface area contributed by atoms with Gasteiger partial charge in [0, 0.05) is 12.0 Å². The zero-order valence-corrected chi connectivity index (χ0v) is 24.2. The fourth-order valence-electron chi connectivity index (χ4n) is 4.66. The fourth-order valence-corrected chi connectivity index (χ4v) is 4.66. The molecule has 0 aliphatic carbocycles. The summed E-state index contributed by atoms with van der Waals surface area (Å²) in [5.41, 5.74) is 2.63. The van der Waals surface area contributed by atoms with Gasteiger partial charge in [0.2, 0.25) is 0 Å². The summed E-state index contributed by atoms with van der Waals surface area (Å²) in [5.74, 6) is 0.586. The van der Waals surface area contributed by atoms with Crippen molar-refractivity contribution >= 4 is 5.97 Å². The molecule has 2 aromatic rings. The van der Waals surface area contributed by atoms with Gasteiger partial charge in [-0.25, -0.2) is 0 Å². The van der Waals surface area contributed by atoms with E-state index in [0.717, 1.165) is 36.2 Å². The predicted octanol–water partition coefficient (Wildman–Crippen LogP) is 7.98. The molecule has 4 heteroatoms. The number of ether oxygens (including phenoxy) is 2. The highest BCUT2D eigenvalue weighted by Crippen LogP contribution is 2.19. The van der Waals surface area contributed by atoms with Crippen molar-refractivity contribution in [2.75, 3.05) is 27.2 Å². The Labute approximate surface area is 227 Å². The van der Waals surface area contributed by atoms with Crippen LogP contribution in [0.4, 0.5) is 0 Å². The molecule has 0 radical (unpaired) electrons. The van der Waals surface area contributed by atoms with Gasteiger partial charge in [0.05, 0.1) is 26.6 Å². The van der Waals surface area contributed by atoms with Gasteiger partial charge in [0.15, 0.2) is 0 Å². The molecule has 206 valence electrons. The second-order valence-corrected chi connectivity index (χ2v) is 11.4. The molecular formula is C33H52NO3+. The highest BCUT2D eigenvalue weighted by Gasteiger charge is 2.22. The van der Waals surface area contributed by atoms with Crippen LogP contribution in [0.25, 0.3) is 0 Å². The molecule has 0 aliphatic heterocycles. The van der Waals surface area contributed by atoms with Crippen LogP contribution in [-0.2, 0) is 22.5 Å². The van der Waals surface area contributed by atoms with Gasteiger partial charge in [-0.05, 0) is 37.5 Å². The third-order valence-corrected chi connectivity index (χ3v) is 7.04. The Bertz CT molecular complexity index is 880. The van der Waals surface area contributed by atoms with Gasteiger partial charge in [-0.2, -0.15) is 0 Å². The van der Waals surface area contributed by atoms with Crippen LogP contribution in [-0.4, -0.2) is 43.8 Å². The minimum atomic E-state index is -0.181. The van der Waals surface area contributed by atoms with Crippen LogP contribution in [0.15, 0.2) is 54.6 Å².